The number of H-pyrrole nitrogens is 2. The van der Waals surface area contributed by atoms with Gasteiger partial charge in [0.05, 0.1) is 0 Å². The number of benzene rings is 2. The van der Waals surface area contributed by atoms with Crippen LogP contribution in [0.15, 0.2) is 58.1 Å². The Balaban J connectivity index is 1.55. The molecule has 2 N–H and O–H groups in total. The first-order valence-corrected chi connectivity index (χ1v) is 11.2. The van der Waals surface area contributed by atoms with Crippen LogP contribution in [-0.2, 0) is 19.5 Å². The summed E-state index contributed by atoms with van der Waals surface area (Å²) in [5, 5.41) is 14.2. The standard InChI is InChI=1S/C24H24N8O2/c1-3-7-19-25-22-20(23(33)26-24(34)31(22)4-2)32(19)14-15-10-12-16(13-11-15)17-8-5-6-9-18(17)21-27-29-30-28-21/h5-6,8-13H,3-4,7,14H2,1-2H3,(H,26,33,34)(H,27,28,29,30). The van der Waals surface area contributed by atoms with Crippen LogP contribution in [0.5, 0.6) is 0 Å². The molecule has 3 aromatic heterocycles. The Morgan fingerprint density at radius 2 is 1.71 bits per heavy atom. The predicted molar refractivity (Wildman–Crippen MR) is 128 cm³/mol. The summed E-state index contributed by atoms with van der Waals surface area (Å²) in [6.07, 6.45) is 1.59. The molecule has 0 aliphatic carbocycles. The molecule has 10 heteroatoms. The second-order valence-corrected chi connectivity index (χ2v) is 8.03. The molecule has 0 radical (unpaired) electrons. The summed E-state index contributed by atoms with van der Waals surface area (Å²) in [6, 6.07) is 16.1. The van der Waals surface area contributed by atoms with E-state index < -0.39 is 11.2 Å². The van der Waals surface area contributed by atoms with E-state index in [-0.39, 0.29) is 0 Å². The number of rotatable bonds is 7. The fraction of sp³-hybridized carbons (Fsp3) is 0.250. The zero-order valence-corrected chi connectivity index (χ0v) is 18.9. The summed E-state index contributed by atoms with van der Waals surface area (Å²) < 4.78 is 3.43. The molecule has 0 saturated heterocycles. The van der Waals surface area contributed by atoms with Crippen LogP contribution < -0.4 is 11.2 Å². The lowest BCUT2D eigenvalue weighted by Gasteiger charge is -2.11. The molecule has 0 saturated carbocycles. The Morgan fingerprint density at radius 1 is 0.941 bits per heavy atom. The molecular weight excluding hydrogens is 432 g/mol. The molecule has 34 heavy (non-hydrogen) atoms. The summed E-state index contributed by atoms with van der Waals surface area (Å²) in [4.78, 5) is 32.1. The maximum atomic E-state index is 12.7. The summed E-state index contributed by atoms with van der Waals surface area (Å²) in [5.41, 5.74) is 3.99. The van der Waals surface area contributed by atoms with Gasteiger partial charge in [-0.1, -0.05) is 55.5 Å². The van der Waals surface area contributed by atoms with E-state index in [1.54, 1.807) is 0 Å². The lowest BCUT2D eigenvalue weighted by molar-refractivity contribution is 0.717. The van der Waals surface area contributed by atoms with Crippen molar-refractivity contribution in [2.24, 2.45) is 0 Å². The van der Waals surface area contributed by atoms with Gasteiger partial charge in [0.15, 0.2) is 17.0 Å². The summed E-state index contributed by atoms with van der Waals surface area (Å²) >= 11 is 0. The Labute approximate surface area is 194 Å². The Kier molecular flexibility index (Phi) is 5.62. The number of hydrogen-bond donors (Lipinski definition) is 2. The molecule has 2 aromatic carbocycles. The van der Waals surface area contributed by atoms with Gasteiger partial charge in [0.2, 0.25) is 0 Å². The van der Waals surface area contributed by atoms with Crippen molar-refractivity contribution in [3.8, 4) is 22.5 Å². The highest BCUT2D eigenvalue weighted by Gasteiger charge is 2.18. The number of nitrogens with one attached hydrogen (secondary N) is 2. The van der Waals surface area contributed by atoms with Gasteiger partial charge >= 0.3 is 5.69 Å². The largest absolute Gasteiger partial charge is 0.330 e. The van der Waals surface area contributed by atoms with Crippen LogP contribution in [0.1, 0.15) is 31.7 Å². The van der Waals surface area contributed by atoms with E-state index in [1.165, 1.54) is 4.57 Å². The van der Waals surface area contributed by atoms with Gasteiger partial charge in [-0.15, -0.1) is 5.10 Å². The van der Waals surface area contributed by atoms with E-state index >= 15 is 0 Å². The third-order valence-electron chi connectivity index (χ3n) is 5.89. The van der Waals surface area contributed by atoms with Crippen LogP contribution in [0.2, 0.25) is 0 Å². The fourth-order valence-electron chi connectivity index (χ4n) is 4.28. The molecule has 0 aliphatic heterocycles. The topological polar surface area (TPSA) is 127 Å². The van der Waals surface area contributed by atoms with Gasteiger partial charge in [-0.2, -0.15) is 0 Å². The van der Waals surface area contributed by atoms with Gasteiger partial charge in [-0.3, -0.25) is 14.3 Å². The Bertz CT molecular complexity index is 1560. The van der Waals surface area contributed by atoms with Gasteiger partial charge in [-0.05, 0) is 40.5 Å². The Morgan fingerprint density at radius 3 is 2.38 bits per heavy atom. The molecule has 3 heterocycles. The van der Waals surface area contributed by atoms with Crippen molar-refractivity contribution in [2.75, 3.05) is 0 Å². The Hall–Kier alpha value is -4.34. The van der Waals surface area contributed by atoms with Crippen molar-refractivity contribution < 1.29 is 0 Å². The van der Waals surface area contributed by atoms with Crippen molar-refractivity contribution in [2.45, 2.75) is 39.8 Å². The SMILES string of the molecule is CCCc1nc2c(c(=O)[nH]c(=O)n2CC)n1Cc1ccc(-c2ccccc2-c2nnn[nH]2)cc1. The highest BCUT2D eigenvalue weighted by atomic mass is 16.2. The molecule has 172 valence electrons. The molecule has 0 spiro atoms. The van der Waals surface area contributed by atoms with E-state index in [9.17, 15) is 9.59 Å². The molecular formula is C24H24N8O2. The highest BCUT2D eigenvalue weighted by Crippen LogP contribution is 2.30. The summed E-state index contributed by atoms with van der Waals surface area (Å²) in [6.45, 7) is 4.84. The number of hydrogen-bond acceptors (Lipinski definition) is 6. The van der Waals surface area contributed by atoms with Gasteiger partial charge in [-0.25, -0.2) is 14.9 Å². The van der Waals surface area contributed by atoms with Crippen molar-refractivity contribution in [3.05, 3.63) is 80.8 Å². The molecule has 0 atom stereocenters. The number of aromatic amines is 2. The van der Waals surface area contributed by atoms with Crippen LogP contribution in [0.3, 0.4) is 0 Å². The lowest BCUT2D eigenvalue weighted by Crippen LogP contribution is -2.30. The highest BCUT2D eigenvalue weighted by molar-refractivity contribution is 5.80. The fourth-order valence-corrected chi connectivity index (χ4v) is 4.28. The van der Waals surface area contributed by atoms with Crippen molar-refractivity contribution in [1.29, 1.82) is 0 Å². The minimum atomic E-state index is -0.433. The second-order valence-electron chi connectivity index (χ2n) is 8.03. The van der Waals surface area contributed by atoms with Gasteiger partial charge < -0.3 is 4.57 Å². The van der Waals surface area contributed by atoms with Gasteiger partial charge in [0, 0.05) is 25.1 Å². The molecule has 0 unspecified atom stereocenters. The van der Waals surface area contributed by atoms with E-state index in [0.717, 1.165) is 34.5 Å². The zero-order chi connectivity index (χ0) is 23.7. The summed E-state index contributed by atoms with van der Waals surface area (Å²) in [5.74, 6) is 1.40. The third kappa shape index (κ3) is 3.72. The smallest absolute Gasteiger partial charge is 0.318 e. The number of tetrazole rings is 1. The van der Waals surface area contributed by atoms with E-state index in [2.05, 4.69) is 37.5 Å². The monoisotopic (exact) mass is 456 g/mol. The average Bonchev–Trinajstić information content (AvgIpc) is 3.49. The van der Waals surface area contributed by atoms with E-state index in [1.807, 2.05) is 60.0 Å². The second kappa shape index (κ2) is 8.89. The molecule has 5 rings (SSSR count). The van der Waals surface area contributed by atoms with Crippen LogP contribution in [0, 0.1) is 0 Å². The van der Waals surface area contributed by atoms with Crippen LogP contribution in [-0.4, -0.2) is 39.7 Å². The van der Waals surface area contributed by atoms with Crippen molar-refractivity contribution >= 4 is 11.2 Å². The normalized spacial score (nSPS) is 11.4. The minimum absolute atomic E-state index is 0.411. The van der Waals surface area contributed by atoms with E-state index in [4.69, 9.17) is 0 Å². The lowest BCUT2D eigenvalue weighted by atomic mass is 9.98. The van der Waals surface area contributed by atoms with Crippen molar-refractivity contribution in [1.82, 2.24) is 39.7 Å². The van der Waals surface area contributed by atoms with E-state index in [0.29, 0.717) is 36.5 Å². The molecule has 5 aromatic rings. The molecule has 0 aliphatic rings. The van der Waals surface area contributed by atoms with Crippen LogP contribution >= 0.6 is 0 Å². The molecule has 0 bridgehead atoms. The molecule has 10 nitrogen and oxygen atoms in total. The minimum Gasteiger partial charge on any atom is -0.318 e. The van der Waals surface area contributed by atoms with Gasteiger partial charge in [0.1, 0.15) is 5.82 Å². The third-order valence-corrected chi connectivity index (χ3v) is 5.89. The first-order valence-electron chi connectivity index (χ1n) is 11.2. The number of imidazole rings is 1. The predicted octanol–water partition coefficient (Wildman–Crippen LogP) is 2.75. The molecule has 0 fully saturated rings. The van der Waals surface area contributed by atoms with Crippen molar-refractivity contribution in [3.63, 3.8) is 0 Å². The summed E-state index contributed by atoms with van der Waals surface area (Å²) in [7, 11) is 0. The number of aromatic nitrogens is 8. The maximum Gasteiger partial charge on any atom is 0.330 e. The zero-order valence-electron chi connectivity index (χ0n) is 18.9. The molecule has 0 amide bonds. The first-order chi connectivity index (χ1) is 16.6. The number of nitrogens with zero attached hydrogens (tertiary/aromatic N) is 6. The number of fused-ring (bicyclic) bond motifs is 1. The quantitative estimate of drug-likeness (QED) is 0.388. The number of aryl methyl sites for hydroxylation is 2. The van der Waals surface area contributed by atoms with Gasteiger partial charge in [0.25, 0.3) is 5.56 Å². The average molecular weight is 457 g/mol. The first kappa shape index (κ1) is 21.5. The maximum absolute atomic E-state index is 12.7. The van der Waals surface area contributed by atoms with Crippen LogP contribution in [0.25, 0.3) is 33.7 Å². The van der Waals surface area contributed by atoms with Crippen LogP contribution in [0.4, 0.5) is 0 Å².